The van der Waals surface area contributed by atoms with Crippen LogP contribution in [0, 0.1) is 0 Å². The van der Waals surface area contributed by atoms with Crippen molar-refractivity contribution < 1.29 is 8.85 Å². The van der Waals surface area contributed by atoms with Crippen molar-refractivity contribution in [1.29, 1.82) is 0 Å². The Hall–Kier alpha value is 0.354. The molecular weight excluding hydrogens is 280 g/mol. The zero-order valence-corrected chi connectivity index (χ0v) is 13.0. The Morgan fingerprint density at radius 2 is 0.650 bits per heavy atom. The first-order valence-corrected chi connectivity index (χ1v) is 12.3. The standard InChI is InChI=1S/C10H26O2Si2.6CH4/c1-9(2)11-13(5,6)14(7,8)12-10(3)4;;;;;;/h9-10H,1-8H3;6*1H4. The molecule has 0 rings (SSSR count). The van der Waals surface area contributed by atoms with Gasteiger partial charge in [-0.05, 0) is 53.9 Å². The maximum Gasteiger partial charge on any atom is 0.205 e. The van der Waals surface area contributed by atoms with Crippen LogP contribution < -0.4 is 0 Å². The van der Waals surface area contributed by atoms with E-state index >= 15 is 0 Å². The van der Waals surface area contributed by atoms with Gasteiger partial charge in [0.05, 0.1) is 0 Å². The van der Waals surface area contributed by atoms with E-state index in [0.29, 0.717) is 12.2 Å². The van der Waals surface area contributed by atoms with Crippen LogP contribution in [-0.4, -0.2) is 27.9 Å². The van der Waals surface area contributed by atoms with Crippen LogP contribution in [0.2, 0.25) is 26.2 Å². The lowest BCUT2D eigenvalue weighted by Gasteiger charge is -2.39. The Morgan fingerprint density at radius 1 is 0.500 bits per heavy atom. The summed E-state index contributed by atoms with van der Waals surface area (Å²) in [5, 5.41) is 0. The smallest absolute Gasteiger partial charge is 0.205 e. The van der Waals surface area contributed by atoms with Crippen molar-refractivity contribution in [3.8, 4) is 0 Å². The molecule has 0 aliphatic heterocycles. The molecule has 2 nitrogen and oxygen atoms in total. The predicted molar refractivity (Wildman–Crippen MR) is 108 cm³/mol. The highest BCUT2D eigenvalue weighted by molar-refractivity contribution is 7.35. The fourth-order valence-corrected chi connectivity index (χ4v) is 7.50. The van der Waals surface area contributed by atoms with Crippen LogP contribution in [0.1, 0.15) is 72.3 Å². The second-order valence-corrected chi connectivity index (χ2v) is 19.1. The highest BCUT2D eigenvalue weighted by atomic mass is 29.3. The molecule has 0 aliphatic rings. The molecule has 0 saturated heterocycles. The fourth-order valence-electron chi connectivity index (χ4n) is 1.46. The minimum absolute atomic E-state index is 0. The second kappa shape index (κ2) is 15.7. The van der Waals surface area contributed by atoms with E-state index in [2.05, 4.69) is 53.9 Å². The topological polar surface area (TPSA) is 18.5 Å². The molecule has 20 heavy (non-hydrogen) atoms. The van der Waals surface area contributed by atoms with Gasteiger partial charge < -0.3 is 8.85 Å². The first-order valence-electron chi connectivity index (χ1n) is 5.44. The van der Waals surface area contributed by atoms with Crippen LogP contribution in [-0.2, 0) is 8.85 Å². The van der Waals surface area contributed by atoms with Crippen molar-refractivity contribution in [1.82, 2.24) is 0 Å². The molecule has 0 unspecified atom stereocenters. The van der Waals surface area contributed by atoms with Crippen molar-refractivity contribution in [2.24, 2.45) is 0 Å². The molecule has 0 atom stereocenters. The molecule has 0 bridgehead atoms. The van der Waals surface area contributed by atoms with E-state index in [4.69, 9.17) is 8.85 Å². The summed E-state index contributed by atoms with van der Waals surface area (Å²) in [7, 11) is -3.28. The molecule has 0 radical (unpaired) electrons. The van der Waals surface area contributed by atoms with Crippen molar-refractivity contribution in [2.45, 2.75) is 111 Å². The fraction of sp³-hybridized carbons (Fsp3) is 1.00. The minimum Gasteiger partial charge on any atom is -0.415 e. The van der Waals surface area contributed by atoms with Gasteiger partial charge in [0.1, 0.15) is 0 Å². The molecule has 0 fully saturated rings. The van der Waals surface area contributed by atoms with Gasteiger partial charge in [-0.3, -0.25) is 0 Å². The van der Waals surface area contributed by atoms with Gasteiger partial charge in [0.2, 0.25) is 15.7 Å². The Labute approximate surface area is 135 Å². The average molecular weight is 331 g/mol. The SMILES string of the molecule is C.C.C.C.C.C.CC(C)O[Si](C)(C)[Si](C)(C)OC(C)C. The van der Waals surface area contributed by atoms with E-state index < -0.39 is 15.7 Å². The Kier molecular flexibility index (Phi) is 33.6. The van der Waals surface area contributed by atoms with Crippen LogP contribution in [0.15, 0.2) is 0 Å². The van der Waals surface area contributed by atoms with Crippen molar-refractivity contribution in [3.05, 3.63) is 0 Å². The van der Waals surface area contributed by atoms with Gasteiger partial charge in [0.15, 0.2) is 0 Å². The lowest BCUT2D eigenvalue weighted by atomic mass is 10.5. The summed E-state index contributed by atoms with van der Waals surface area (Å²) in [6, 6.07) is 0. The molecule has 0 aromatic rings. The quantitative estimate of drug-likeness (QED) is 0.498. The first-order chi connectivity index (χ1) is 6.08. The zero-order valence-electron chi connectivity index (χ0n) is 11.0. The van der Waals surface area contributed by atoms with E-state index in [1.165, 1.54) is 0 Å². The highest BCUT2D eigenvalue weighted by Crippen LogP contribution is 2.24. The van der Waals surface area contributed by atoms with E-state index in [1.807, 2.05) is 0 Å². The normalized spacial score (nSPS) is 9.90. The third kappa shape index (κ3) is 14.8. The third-order valence-corrected chi connectivity index (χ3v) is 16.9. The lowest BCUT2D eigenvalue weighted by molar-refractivity contribution is 0.211. The van der Waals surface area contributed by atoms with Crippen LogP contribution in [0.5, 0.6) is 0 Å². The molecule has 0 aromatic heterocycles. The highest BCUT2D eigenvalue weighted by Gasteiger charge is 2.46. The molecule has 134 valence electrons. The van der Waals surface area contributed by atoms with Gasteiger partial charge in [-0.15, -0.1) is 0 Å². The molecule has 4 heteroatoms. The van der Waals surface area contributed by atoms with Crippen molar-refractivity contribution >= 4 is 15.7 Å². The average Bonchev–Trinajstić information content (AvgIpc) is 1.78. The van der Waals surface area contributed by atoms with Crippen LogP contribution in [0.3, 0.4) is 0 Å². The van der Waals surface area contributed by atoms with Gasteiger partial charge in [-0.1, -0.05) is 44.6 Å². The molecule has 0 heterocycles. The third-order valence-electron chi connectivity index (χ3n) is 2.51. The monoisotopic (exact) mass is 330 g/mol. The first kappa shape index (κ1) is 42.8. The van der Waals surface area contributed by atoms with E-state index in [-0.39, 0.29) is 44.6 Å². The summed E-state index contributed by atoms with van der Waals surface area (Å²) in [4.78, 5) is 0. The zero-order chi connectivity index (χ0) is 11.6. The van der Waals surface area contributed by atoms with Gasteiger partial charge in [0.25, 0.3) is 0 Å². The summed E-state index contributed by atoms with van der Waals surface area (Å²) in [6.07, 6.45) is 0.637. The van der Waals surface area contributed by atoms with Gasteiger partial charge in [0, 0.05) is 12.2 Å². The van der Waals surface area contributed by atoms with Crippen LogP contribution >= 0.6 is 0 Å². The molecule has 0 spiro atoms. The van der Waals surface area contributed by atoms with E-state index in [0.717, 1.165) is 0 Å². The summed E-state index contributed by atoms with van der Waals surface area (Å²) < 4.78 is 12.2. The van der Waals surface area contributed by atoms with E-state index in [9.17, 15) is 0 Å². The van der Waals surface area contributed by atoms with Crippen LogP contribution in [0.4, 0.5) is 0 Å². The largest absolute Gasteiger partial charge is 0.415 e. The summed E-state index contributed by atoms with van der Waals surface area (Å²) in [5.41, 5.74) is 0. The summed E-state index contributed by atoms with van der Waals surface area (Å²) >= 11 is 0. The number of rotatable bonds is 5. The number of hydrogen-bond donors (Lipinski definition) is 0. The second-order valence-electron chi connectivity index (χ2n) is 5.35. The van der Waals surface area contributed by atoms with E-state index in [1.54, 1.807) is 0 Å². The Balaban J connectivity index is -0.0000000563. The molecule has 0 aliphatic carbocycles. The molecule has 0 saturated carbocycles. The Bertz CT molecular complexity index is 159. The molecule has 0 N–H and O–H groups in total. The molecule has 0 amide bonds. The van der Waals surface area contributed by atoms with Crippen molar-refractivity contribution in [3.63, 3.8) is 0 Å². The van der Waals surface area contributed by atoms with Gasteiger partial charge >= 0.3 is 0 Å². The van der Waals surface area contributed by atoms with Gasteiger partial charge in [-0.2, -0.15) is 0 Å². The Morgan fingerprint density at radius 3 is 0.750 bits per heavy atom. The maximum absolute atomic E-state index is 6.08. The lowest BCUT2D eigenvalue weighted by Crippen LogP contribution is -2.60. The maximum atomic E-state index is 6.08. The number of hydrogen-bond acceptors (Lipinski definition) is 2. The van der Waals surface area contributed by atoms with Gasteiger partial charge in [-0.25, -0.2) is 0 Å². The summed E-state index contributed by atoms with van der Waals surface area (Å²) in [5.74, 6) is 0. The van der Waals surface area contributed by atoms with Crippen molar-refractivity contribution in [2.75, 3.05) is 0 Å². The molecule has 0 aromatic carbocycles. The van der Waals surface area contributed by atoms with Crippen LogP contribution in [0.25, 0.3) is 0 Å². The minimum atomic E-state index is -1.64. The molecular formula is C16H50O2Si2. The summed E-state index contributed by atoms with van der Waals surface area (Å²) in [6.45, 7) is 17.5. The predicted octanol–water partition coefficient (Wildman–Crippen LogP) is 7.14.